The maximum Gasteiger partial charge on any atom is 0.323 e. The molecule has 0 aliphatic rings. The minimum Gasteiger partial charge on any atom is -0.493 e. The van der Waals surface area contributed by atoms with Gasteiger partial charge in [0, 0.05) is 6.07 Å². The van der Waals surface area contributed by atoms with Crippen LogP contribution in [0.3, 0.4) is 0 Å². The Kier molecular flexibility index (Phi) is 5.09. The van der Waals surface area contributed by atoms with E-state index in [2.05, 4.69) is 0 Å². The standard InChI is InChI=1S/C13H18FNO3/c1-13(15,12(16)17)7-2-3-8-18-11-6-4-5-10(14)9-11/h4-6,9H,2-3,7-8,15H2,1H3,(H,16,17). The van der Waals surface area contributed by atoms with E-state index in [0.717, 1.165) is 0 Å². The van der Waals surface area contributed by atoms with Gasteiger partial charge in [0.15, 0.2) is 0 Å². The highest BCUT2D eigenvalue weighted by molar-refractivity contribution is 5.77. The minimum absolute atomic E-state index is 0.340. The third-order valence-electron chi connectivity index (χ3n) is 2.64. The Hall–Kier alpha value is -1.62. The molecule has 0 saturated carbocycles. The number of ether oxygens (including phenoxy) is 1. The monoisotopic (exact) mass is 255 g/mol. The summed E-state index contributed by atoms with van der Waals surface area (Å²) < 4.78 is 18.2. The van der Waals surface area contributed by atoms with Gasteiger partial charge in [-0.1, -0.05) is 6.07 Å². The molecule has 1 rings (SSSR count). The Labute approximate surface area is 106 Å². The molecule has 18 heavy (non-hydrogen) atoms. The van der Waals surface area contributed by atoms with Crippen LogP contribution in [0.2, 0.25) is 0 Å². The number of rotatable bonds is 7. The molecule has 0 radical (unpaired) electrons. The number of carbonyl (C=O) groups is 1. The van der Waals surface area contributed by atoms with Crippen molar-refractivity contribution in [2.24, 2.45) is 5.73 Å². The van der Waals surface area contributed by atoms with E-state index in [1.807, 2.05) is 0 Å². The fourth-order valence-corrected chi connectivity index (χ4v) is 1.45. The first kappa shape index (κ1) is 14.4. The van der Waals surface area contributed by atoms with Crippen LogP contribution in [-0.2, 0) is 4.79 Å². The van der Waals surface area contributed by atoms with Crippen LogP contribution >= 0.6 is 0 Å². The molecule has 0 spiro atoms. The van der Waals surface area contributed by atoms with E-state index in [1.165, 1.54) is 19.1 Å². The van der Waals surface area contributed by atoms with Crippen molar-refractivity contribution in [3.05, 3.63) is 30.1 Å². The predicted octanol–water partition coefficient (Wildman–Crippen LogP) is 2.18. The number of aliphatic carboxylic acids is 1. The van der Waals surface area contributed by atoms with Crippen LogP contribution in [0, 0.1) is 5.82 Å². The molecule has 0 fully saturated rings. The average molecular weight is 255 g/mol. The van der Waals surface area contributed by atoms with Gasteiger partial charge in [-0.25, -0.2) is 4.39 Å². The second kappa shape index (κ2) is 6.35. The molecule has 0 heterocycles. The molecule has 1 aromatic carbocycles. The fourth-order valence-electron chi connectivity index (χ4n) is 1.45. The van der Waals surface area contributed by atoms with Gasteiger partial charge in [0.2, 0.25) is 0 Å². The molecule has 5 heteroatoms. The van der Waals surface area contributed by atoms with Gasteiger partial charge in [-0.15, -0.1) is 0 Å². The first-order chi connectivity index (χ1) is 8.42. The van der Waals surface area contributed by atoms with Crippen molar-refractivity contribution in [2.45, 2.75) is 31.7 Å². The molecule has 3 N–H and O–H groups in total. The Morgan fingerprint density at radius 1 is 1.50 bits per heavy atom. The second-order valence-corrected chi connectivity index (χ2v) is 4.49. The van der Waals surface area contributed by atoms with E-state index in [9.17, 15) is 9.18 Å². The quantitative estimate of drug-likeness (QED) is 0.732. The van der Waals surface area contributed by atoms with Crippen LogP contribution < -0.4 is 10.5 Å². The Balaban J connectivity index is 2.22. The summed E-state index contributed by atoms with van der Waals surface area (Å²) in [6, 6.07) is 5.91. The highest BCUT2D eigenvalue weighted by Gasteiger charge is 2.26. The molecule has 1 unspecified atom stereocenters. The zero-order valence-electron chi connectivity index (χ0n) is 10.4. The van der Waals surface area contributed by atoms with Crippen LogP contribution in [0.5, 0.6) is 5.75 Å². The Bertz CT molecular complexity index is 407. The van der Waals surface area contributed by atoms with Crippen molar-refractivity contribution in [3.8, 4) is 5.75 Å². The molecule has 1 atom stereocenters. The third kappa shape index (κ3) is 4.71. The van der Waals surface area contributed by atoms with E-state index >= 15 is 0 Å². The lowest BCUT2D eigenvalue weighted by molar-refractivity contribution is -0.142. The first-order valence-corrected chi connectivity index (χ1v) is 5.82. The average Bonchev–Trinajstić information content (AvgIpc) is 2.28. The maximum absolute atomic E-state index is 12.8. The van der Waals surface area contributed by atoms with Crippen molar-refractivity contribution in [1.82, 2.24) is 0 Å². The molecular formula is C13H18FNO3. The highest BCUT2D eigenvalue weighted by Crippen LogP contribution is 2.14. The van der Waals surface area contributed by atoms with Crippen LogP contribution in [-0.4, -0.2) is 23.2 Å². The lowest BCUT2D eigenvalue weighted by Gasteiger charge is -2.18. The van der Waals surface area contributed by atoms with Crippen LogP contribution in [0.1, 0.15) is 26.2 Å². The van der Waals surface area contributed by atoms with Crippen molar-refractivity contribution < 1.29 is 19.0 Å². The van der Waals surface area contributed by atoms with E-state index in [4.69, 9.17) is 15.6 Å². The summed E-state index contributed by atoms with van der Waals surface area (Å²) in [5.41, 5.74) is 4.39. The van der Waals surface area contributed by atoms with E-state index in [1.54, 1.807) is 12.1 Å². The van der Waals surface area contributed by atoms with Crippen molar-refractivity contribution in [1.29, 1.82) is 0 Å². The zero-order chi connectivity index (χ0) is 13.6. The summed E-state index contributed by atoms with van der Waals surface area (Å²) in [5, 5.41) is 8.81. The van der Waals surface area contributed by atoms with E-state index in [0.29, 0.717) is 31.6 Å². The minimum atomic E-state index is -1.20. The molecule has 100 valence electrons. The van der Waals surface area contributed by atoms with Gasteiger partial charge in [0.1, 0.15) is 17.1 Å². The number of carboxylic acid groups (broad SMARTS) is 1. The number of benzene rings is 1. The topological polar surface area (TPSA) is 72.5 Å². The molecule has 0 bridgehead atoms. The maximum atomic E-state index is 12.8. The summed E-state index contributed by atoms with van der Waals surface area (Å²) in [7, 11) is 0. The van der Waals surface area contributed by atoms with Crippen LogP contribution in [0.15, 0.2) is 24.3 Å². The smallest absolute Gasteiger partial charge is 0.323 e. The van der Waals surface area contributed by atoms with Crippen molar-refractivity contribution in [3.63, 3.8) is 0 Å². The fraction of sp³-hybridized carbons (Fsp3) is 0.462. The SMILES string of the molecule is CC(N)(CCCCOc1cccc(F)c1)C(=O)O. The normalized spacial score (nSPS) is 13.9. The van der Waals surface area contributed by atoms with Crippen LogP contribution in [0.4, 0.5) is 4.39 Å². The summed E-state index contributed by atoms with van der Waals surface area (Å²) >= 11 is 0. The molecule has 0 saturated heterocycles. The van der Waals surface area contributed by atoms with Crippen LogP contribution in [0.25, 0.3) is 0 Å². The molecule has 1 aromatic rings. The van der Waals surface area contributed by atoms with Gasteiger partial charge < -0.3 is 15.6 Å². The van der Waals surface area contributed by atoms with Gasteiger partial charge in [-0.05, 0) is 38.3 Å². The number of nitrogens with two attached hydrogens (primary N) is 1. The Morgan fingerprint density at radius 3 is 2.83 bits per heavy atom. The van der Waals surface area contributed by atoms with Gasteiger partial charge in [0.05, 0.1) is 6.61 Å². The summed E-state index contributed by atoms with van der Waals surface area (Å²) in [4.78, 5) is 10.7. The summed E-state index contributed by atoms with van der Waals surface area (Å²) in [6.45, 7) is 1.90. The van der Waals surface area contributed by atoms with E-state index in [-0.39, 0.29) is 5.82 Å². The summed E-state index contributed by atoms with van der Waals surface area (Å²) in [5.74, 6) is -0.870. The summed E-state index contributed by atoms with van der Waals surface area (Å²) in [6.07, 6.45) is 1.71. The number of hydrogen-bond acceptors (Lipinski definition) is 3. The Morgan fingerprint density at radius 2 is 2.22 bits per heavy atom. The first-order valence-electron chi connectivity index (χ1n) is 5.82. The number of carboxylic acids is 1. The zero-order valence-corrected chi connectivity index (χ0v) is 10.4. The molecular weight excluding hydrogens is 237 g/mol. The lowest BCUT2D eigenvalue weighted by atomic mass is 9.97. The van der Waals surface area contributed by atoms with Gasteiger partial charge >= 0.3 is 5.97 Å². The largest absolute Gasteiger partial charge is 0.493 e. The molecule has 4 nitrogen and oxygen atoms in total. The lowest BCUT2D eigenvalue weighted by Crippen LogP contribution is -2.44. The molecule has 0 aromatic heterocycles. The predicted molar refractivity (Wildman–Crippen MR) is 66.0 cm³/mol. The molecule has 0 aliphatic heterocycles. The van der Waals surface area contributed by atoms with E-state index < -0.39 is 11.5 Å². The number of halogens is 1. The highest BCUT2D eigenvalue weighted by atomic mass is 19.1. The molecule has 0 amide bonds. The van der Waals surface area contributed by atoms with Gasteiger partial charge in [-0.3, -0.25) is 4.79 Å². The van der Waals surface area contributed by atoms with Gasteiger partial charge in [-0.2, -0.15) is 0 Å². The number of hydrogen-bond donors (Lipinski definition) is 2. The molecule has 0 aliphatic carbocycles. The van der Waals surface area contributed by atoms with Gasteiger partial charge in [0.25, 0.3) is 0 Å². The van der Waals surface area contributed by atoms with Crippen molar-refractivity contribution in [2.75, 3.05) is 6.61 Å². The van der Waals surface area contributed by atoms with Crippen molar-refractivity contribution >= 4 is 5.97 Å². The third-order valence-corrected chi connectivity index (χ3v) is 2.64. The second-order valence-electron chi connectivity index (χ2n) is 4.49. The number of unbranched alkanes of at least 4 members (excludes halogenated alkanes) is 1.